The van der Waals surface area contributed by atoms with Crippen molar-refractivity contribution in [1.29, 1.82) is 0 Å². The molecule has 0 aliphatic heterocycles. The van der Waals surface area contributed by atoms with E-state index in [2.05, 4.69) is 66.3 Å². The van der Waals surface area contributed by atoms with Crippen molar-refractivity contribution >= 4 is 5.70 Å². The third kappa shape index (κ3) is 5.93. The lowest BCUT2D eigenvalue weighted by Gasteiger charge is -2.18. The smallest absolute Gasteiger partial charge is 0.137 e. The standard InChI is InChI=1S/C26H29FN2O/c1-19-17-24(12-11-23(19)10-9-22-7-5-4-6-8-22)20(2)29-21(3)26-14-13-25(18-28-26)30-16-15-27/h4-8,11-14,17-18,21,29H,2,9-10,15-16H2,1,3H3. The summed E-state index contributed by atoms with van der Waals surface area (Å²) in [7, 11) is 0. The minimum atomic E-state index is -0.510. The minimum Gasteiger partial charge on any atom is -0.489 e. The van der Waals surface area contributed by atoms with Gasteiger partial charge >= 0.3 is 0 Å². The van der Waals surface area contributed by atoms with E-state index >= 15 is 0 Å². The van der Waals surface area contributed by atoms with Gasteiger partial charge in [-0.2, -0.15) is 0 Å². The fourth-order valence-electron chi connectivity index (χ4n) is 3.40. The molecule has 1 atom stereocenters. The molecule has 156 valence electrons. The number of aryl methyl sites for hydroxylation is 3. The van der Waals surface area contributed by atoms with Gasteiger partial charge in [0.15, 0.2) is 0 Å². The van der Waals surface area contributed by atoms with Crippen molar-refractivity contribution in [2.24, 2.45) is 0 Å². The zero-order valence-electron chi connectivity index (χ0n) is 17.7. The number of hydrogen-bond acceptors (Lipinski definition) is 3. The van der Waals surface area contributed by atoms with Crippen LogP contribution in [0.4, 0.5) is 4.39 Å². The third-order valence-electron chi connectivity index (χ3n) is 5.16. The molecule has 30 heavy (non-hydrogen) atoms. The van der Waals surface area contributed by atoms with E-state index in [1.165, 1.54) is 16.7 Å². The number of pyridine rings is 1. The molecule has 1 N–H and O–H groups in total. The van der Waals surface area contributed by atoms with E-state index < -0.39 is 6.67 Å². The monoisotopic (exact) mass is 404 g/mol. The predicted molar refractivity (Wildman–Crippen MR) is 121 cm³/mol. The van der Waals surface area contributed by atoms with Crippen molar-refractivity contribution in [1.82, 2.24) is 10.3 Å². The van der Waals surface area contributed by atoms with Crippen LogP contribution in [0.2, 0.25) is 0 Å². The maximum absolute atomic E-state index is 12.2. The number of hydrogen-bond donors (Lipinski definition) is 1. The average molecular weight is 405 g/mol. The third-order valence-corrected chi connectivity index (χ3v) is 5.16. The van der Waals surface area contributed by atoms with E-state index in [-0.39, 0.29) is 12.6 Å². The second-order valence-electron chi connectivity index (χ2n) is 7.43. The SMILES string of the molecule is C=C(NC(C)c1ccc(OCCF)cn1)c1ccc(CCc2ccccc2)c(C)c1. The molecule has 0 radical (unpaired) electrons. The molecule has 0 aliphatic rings. The molecule has 1 aromatic heterocycles. The lowest BCUT2D eigenvalue weighted by Crippen LogP contribution is -2.17. The van der Waals surface area contributed by atoms with Gasteiger partial charge in [0, 0.05) is 5.70 Å². The van der Waals surface area contributed by atoms with Crippen molar-refractivity contribution in [2.45, 2.75) is 32.7 Å². The molecule has 0 saturated heterocycles. The van der Waals surface area contributed by atoms with Crippen LogP contribution in [0, 0.1) is 6.92 Å². The van der Waals surface area contributed by atoms with Crippen molar-refractivity contribution in [3.8, 4) is 5.75 Å². The Hall–Kier alpha value is -3.14. The number of rotatable bonds is 10. The van der Waals surface area contributed by atoms with Crippen LogP contribution in [0.3, 0.4) is 0 Å². The Kier molecular flexibility index (Phi) is 7.61. The summed E-state index contributed by atoms with van der Waals surface area (Å²) in [4.78, 5) is 4.41. The summed E-state index contributed by atoms with van der Waals surface area (Å²) in [5, 5.41) is 3.42. The van der Waals surface area contributed by atoms with E-state index in [1.807, 2.05) is 25.1 Å². The molecule has 3 nitrogen and oxygen atoms in total. The summed E-state index contributed by atoms with van der Waals surface area (Å²) >= 11 is 0. The zero-order chi connectivity index (χ0) is 21.3. The first-order valence-electron chi connectivity index (χ1n) is 10.3. The number of nitrogens with one attached hydrogen (secondary N) is 1. The van der Waals surface area contributed by atoms with E-state index in [0.717, 1.165) is 29.8 Å². The van der Waals surface area contributed by atoms with Crippen LogP contribution in [0.15, 0.2) is 73.4 Å². The summed E-state index contributed by atoms with van der Waals surface area (Å²) in [6.45, 7) is 7.94. The Bertz CT molecular complexity index is 955. The van der Waals surface area contributed by atoms with Gasteiger partial charge in [0.1, 0.15) is 19.0 Å². The van der Waals surface area contributed by atoms with Crippen molar-refractivity contribution in [3.63, 3.8) is 0 Å². The summed E-state index contributed by atoms with van der Waals surface area (Å²) in [5.41, 5.74) is 6.79. The lowest BCUT2D eigenvalue weighted by molar-refractivity contribution is 0.272. The number of benzene rings is 2. The molecule has 1 unspecified atom stereocenters. The lowest BCUT2D eigenvalue weighted by atomic mass is 9.98. The first-order valence-corrected chi connectivity index (χ1v) is 10.3. The number of ether oxygens (including phenoxy) is 1. The van der Waals surface area contributed by atoms with E-state index in [4.69, 9.17) is 4.74 Å². The van der Waals surface area contributed by atoms with Gasteiger partial charge in [0.25, 0.3) is 0 Å². The van der Waals surface area contributed by atoms with E-state index in [9.17, 15) is 4.39 Å². The van der Waals surface area contributed by atoms with Crippen LogP contribution >= 0.6 is 0 Å². The highest BCUT2D eigenvalue weighted by Gasteiger charge is 2.10. The first-order chi connectivity index (χ1) is 14.6. The van der Waals surface area contributed by atoms with Crippen molar-refractivity contribution < 1.29 is 9.13 Å². The molecule has 3 aromatic rings. The van der Waals surface area contributed by atoms with Crippen LogP contribution in [-0.2, 0) is 12.8 Å². The maximum Gasteiger partial charge on any atom is 0.137 e. The highest BCUT2D eigenvalue weighted by molar-refractivity contribution is 5.63. The Morgan fingerprint density at radius 1 is 1.10 bits per heavy atom. The van der Waals surface area contributed by atoms with Gasteiger partial charge in [-0.05, 0) is 67.1 Å². The van der Waals surface area contributed by atoms with Gasteiger partial charge in [0.05, 0.1) is 17.9 Å². The highest BCUT2D eigenvalue weighted by Crippen LogP contribution is 2.21. The number of aromatic nitrogens is 1. The number of alkyl halides is 1. The molecular weight excluding hydrogens is 375 g/mol. The quantitative estimate of drug-likeness (QED) is 0.461. The average Bonchev–Trinajstić information content (AvgIpc) is 2.77. The van der Waals surface area contributed by atoms with Crippen molar-refractivity contribution in [2.75, 3.05) is 13.3 Å². The van der Waals surface area contributed by atoms with Gasteiger partial charge in [-0.3, -0.25) is 4.98 Å². The van der Waals surface area contributed by atoms with Crippen LogP contribution in [0.5, 0.6) is 5.75 Å². The molecule has 0 bridgehead atoms. The number of nitrogens with zero attached hydrogens (tertiary/aromatic N) is 1. The molecule has 0 amide bonds. The Morgan fingerprint density at radius 3 is 2.57 bits per heavy atom. The van der Waals surface area contributed by atoms with Crippen LogP contribution < -0.4 is 10.1 Å². The Balaban J connectivity index is 1.58. The minimum absolute atomic E-state index is 0.00853. The van der Waals surface area contributed by atoms with Gasteiger partial charge in [-0.25, -0.2) is 4.39 Å². The Labute approximate surface area is 178 Å². The van der Waals surface area contributed by atoms with Gasteiger partial charge in [-0.15, -0.1) is 0 Å². The van der Waals surface area contributed by atoms with Crippen LogP contribution in [0.25, 0.3) is 5.70 Å². The molecule has 0 saturated carbocycles. The van der Waals surface area contributed by atoms with Gasteiger partial charge in [-0.1, -0.05) is 49.0 Å². The largest absolute Gasteiger partial charge is 0.489 e. The van der Waals surface area contributed by atoms with E-state index in [1.54, 1.807) is 6.20 Å². The molecule has 0 fully saturated rings. The predicted octanol–water partition coefficient (Wildman–Crippen LogP) is 5.85. The highest BCUT2D eigenvalue weighted by atomic mass is 19.1. The van der Waals surface area contributed by atoms with E-state index in [0.29, 0.717) is 5.75 Å². The molecule has 3 rings (SSSR count). The zero-order valence-corrected chi connectivity index (χ0v) is 17.7. The first kappa shape index (κ1) is 21.6. The second kappa shape index (κ2) is 10.6. The second-order valence-corrected chi connectivity index (χ2v) is 7.43. The molecular formula is C26H29FN2O. The Morgan fingerprint density at radius 2 is 1.90 bits per heavy atom. The topological polar surface area (TPSA) is 34.1 Å². The van der Waals surface area contributed by atoms with Gasteiger partial charge in [0.2, 0.25) is 0 Å². The number of halogens is 1. The molecule has 0 aliphatic carbocycles. The van der Waals surface area contributed by atoms with Crippen molar-refractivity contribution in [3.05, 3.63) is 101 Å². The summed E-state index contributed by atoms with van der Waals surface area (Å²) in [6, 6.07) is 20.7. The van der Waals surface area contributed by atoms with Gasteiger partial charge < -0.3 is 10.1 Å². The summed E-state index contributed by atoms with van der Waals surface area (Å²) < 4.78 is 17.4. The molecule has 0 spiro atoms. The summed E-state index contributed by atoms with van der Waals surface area (Å²) in [5.74, 6) is 0.573. The van der Waals surface area contributed by atoms with Crippen LogP contribution in [0.1, 0.15) is 40.9 Å². The van der Waals surface area contributed by atoms with Crippen LogP contribution in [-0.4, -0.2) is 18.3 Å². The molecule has 2 aromatic carbocycles. The fourth-order valence-corrected chi connectivity index (χ4v) is 3.40. The maximum atomic E-state index is 12.2. The fraction of sp³-hybridized carbons (Fsp3) is 0.269. The summed E-state index contributed by atoms with van der Waals surface area (Å²) in [6.07, 6.45) is 3.68. The molecule has 4 heteroatoms. The normalized spacial score (nSPS) is 11.7. The molecule has 1 heterocycles.